The van der Waals surface area contributed by atoms with Crippen LogP contribution in [0.4, 0.5) is 4.79 Å². The van der Waals surface area contributed by atoms with Crippen LogP contribution in [0, 0.1) is 0 Å². The highest BCUT2D eigenvalue weighted by Gasteiger charge is 2.58. The van der Waals surface area contributed by atoms with Crippen LogP contribution in [0.2, 0.25) is 0 Å². The van der Waals surface area contributed by atoms with E-state index in [4.69, 9.17) is 14.6 Å². The highest BCUT2D eigenvalue weighted by molar-refractivity contribution is 5.78. The predicted octanol–water partition coefficient (Wildman–Crippen LogP) is -2.70. The van der Waals surface area contributed by atoms with Gasteiger partial charge in [-0.1, -0.05) is 0 Å². The van der Waals surface area contributed by atoms with Gasteiger partial charge >= 0.3 is 6.03 Å². The number of carbonyl (C=O) groups is 1. The van der Waals surface area contributed by atoms with Crippen LogP contribution in [0.1, 0.15) is 5.82 Å². The maximum absolute atomic E-state index is 12.2. The Morgan fingerprint density at radius 1 is 1.42 bits per heavy atom. The van der Waals surface area contributed by atoms with Crippen LogP contribution in [-0.4, -0.2) is 78.7 Å². The van der Waals surface area contributed by atoms with Gasteiger partial charge in [0.05, 0.1) is 13.0 Å². The van der Waals surface area contributed by atoms with Crippen molar-refractivity contribution < 1.29 is 24.5 Å². The Bertz CT molecular complexity index is 535. The van der Waals surface area contributed by atoms with Crippen molar-refractivity contribution in [3.8, 4) is 0 Å². The molecule has 0 aromatic carbocycles. The molecule has 1 aromatic heterocycles. The van der Waals surface area contributed by atoms with E-state index in [1.165, 1.54) is 4.90 Å². The zero-order valence-electron chi connectivity index (χ0n) is 9.66. The first-order chi connectivity index (χ1) is 9.20. The number of ether oxygens (including phenoxy) is 2. The summed E-state index contributed by atoms with van der Waals surface area (Å²) < 4.78 is 12.2. The summed E-state index contributed by atoms with van der Waals surface area (Å²) in [6.45, 7) is -0.333. The van der Waals surface area contributed by atoms with Crippen molar-refractivity contribution in [3.05, 3.63) is 5.82 Å². The average Bonchev–Trinajstić information content (AvgIpc) is 3.05. The molecule has 102 valence electrons. The van der Waals surface area contributed by atoms with Crippen LogP contribution < -0.4 is 0 Å². The Hall–Kier alpha value is -1.62. The van der Waals surface area contributed by atoms with Crippen molar-refractivity contribution in [2.45, 2.75) is 37.2 Å². The van der Waals surface area contributed by atoms with Crippen molar-refractivity contribution in [2.75, 3.05) is 6.61 Å². The number of rotatable bonds is 1. The van der Waals surface area contributed by atoms with E-state index in [2.05, 4.69) is 15.5 Å². The molecule has 4 rings (SSSR count). The number of aromatic nitrogens is 4. The fraction of sp³-hybridized carbons (Fsp3) is 0.778. The summed E-state index contributed by atoms with van der Waals surface area (Å²) in [6.07, 6.45) is -3.31. The molecular formula is C9H11N5O5. The zero-order valence-corrected chi connectivity index (χ0v) is 9.66. The molecule has 4 heterocycles. The number of tetrazole rings is 1. The SMILES string of the molecule is O=C1N2C(Cc3nnnn31)O[C@H]1[C@H](O)[C@@H](CO)O[C@H]12. The van der Waals surface area contributed by atoms with Crippen LogP contribution >= 0.6 is 0 Å². The summed E-state index contributed by atoms with van der Waals surface area (Å²) >= 11 is 0. The number of aliphatic hydroxyl groups excluding tert-OH is 2. The van der Waals surface area contributed by atoms with Crippen LogP contribution in [-0.2, 0) is 15.9 Å². The largest absolute Gasteiger partial charge is 0.394 e. The lowest BCUT2D eigenvalue weighted by atomic mass is 10.1. The first-order valence-electron chi connectivity index (χ1n) is 5.90. The van der Waals surface area contributed by atoms with E-state index in [0.717, 1.165) is 4.68 Å². The maximum atomic E-state index is 12.2. The van der Waals surface area contributed by atoms with E-state index in [0.29, 0.717) is 12.2 Å². The van der Waals surface area contributed by atoms with Crippen LogP contribution in [0.5, 0.6) is 0 Å². The number of hydrogen-bond donors (Lipinski definition) is 2. The van der Waals surface area contributed by atoms with Crippen LogP contribution in [0.3, 0.4) is 0 Å². The monoisotopic (exact) mass is 269 g/mol. The molecule has 0 radical (unpaired) electrons. The number of fused-ring (bicyclic) bond motifs is 4. The molecule has 2 saturated heterocycles. The van der Waals surface area contributed by atoms with Crippen molar-refractivity contribution in [1.29, 1.82) is 0 Å². The minimum atomic E-state index is -0.966. The molecule has 0 aliphatic carbocycles. The van der Waals surface area contributed by atoms with E-state index < -0.39 is 36.8 Å². The number of carbonyl (C=O) groups excluding carboxylic acids is 1. The van der Waals surface area contributed by atoms with Crippen molar-refractivity contribution >= 4 is 6.03 Å². The van der Waals surface area contributed by atoms with Gasteiger partial charge in [0.25, 0.3) is 0 Å². The molecule has 19 heavy (non-hydrogen) atoms. The molecule has 0 spiro atoms. The van der Waals surface area contributed by atoms with Gasteiger partial charge in [0.1, 0.15) is 24.5 Å². The van der Waals surface area contributed by atoms with Gasteiger partial charge in [-0.25, -0.2) is 4.79 Å². The van der Waals surface area contributed by atoms with Crippen molar-refractivity contribution in [2.24, 2.45) is 0 Å². The predicted molar refractivity (Wildman–Crippen MR) is 54.6 cm³/mol. The second-order valence-electron chi connectivity index (χ2n) is 4.69. The van der Waals surface area contributed by atoms with E-state index in [1.807, 2.05) is 0 Å². The number of nitrogens with zero attached hydrogens (tertiary/aromatic N) is 5. The molecule has 0 bridgehead atoms. The van der Waals surface area contributed by atoms with Crippen molar-refractivity contribution in [1.82, 2.24) is 25.1 Å². The highest BCUT2D eigenvalue weighted by Crippen LogP contribution is 2.37. The van der Waals surface area contributed by atoms with Crippen LogP contribution in [0.15, 0.2) is 0 Å². The van der Waals surface area contributed by atoms with E-state index in [-0.39, 0.29) is 6.61 Å². The molecule has 2 N–H and O–H groups in total. The Labute approximate surface area is 106 Å². The van der Waals surface area contributed by atoms with Gasteiger partial charge in [0.15, 0.2) is 12.1 Å². The van der Waals surface area contributed by atoms with Gasteiger partial charge in [-0.15, -0.1) is 9.78 Å². The van der Waals surface area contributed by atoms with E-state index in [1.54, 1.807) is 0 Å². The molecule has 3 aliphatic rings. The lowest BCUT2D eigenvalue weighted by molar-refractivity contribution is -0.0955. The molecule has 3 aliphatic heterocycles. The Balaban J connectivity index is 1.68. The Kier molecular flexibility index (Phi) is 2.18. The second-order valence-corrected chi connectivity index (χ2v) is 4.69. The summed E-state index contributed by atoms with van der Waals surface area (Å²) in [7, 11) is 0. The number of amides is 1. The fourth-order valence-corrected chi connectivity index (χ4v) is 2.78. The average molecular weight is 269 g/mol. The highest BCUT2D eigenvalue weighted by atomic mass is 16.6. The minimum Gasteiger partial charge on any atom is -0.394 e. The number of aliphatic hydroxyl groups is 2. The summed E-state index contributed by atoms with van der Waals surface area (Å²) in [5, 5.41) is 29.9. The van der Waals surface area contributed by atoms with E-state index >= 15 is 0 Å². The van der Waals surface area contributed by atoms with Gasteiger partial charge in [-0.2, -0.15) is 0 Å². The lowest BCUT2D eigenvalue weighted by Gasteiger charge is -2.30. The molecule has 1 unspecified atom stereocenters. The van der Waals surface area contributed by atoms with Gasteiger partial charge in [-0.3, -0.25) is 4.90 Å². The summed E-state index contributed by atoms with van der Waals surface area (Å²) in [5.74, 6) is 0.416. The molecule has 1 aromatic rings. The molecule has 2 fully saturated rings. The second kappa shape index (κ2) is 3.70. The summed E-state index contributed by atoms with van der Waals surface area (Å²) in [5.41, 5.74) is 0. The topological polar surface area (TPSA) is 123 Å². The fourth-order valence-electron chi connectivity index (χ4n) is 2.78. The Morgan fingerprint density at radius 2 is 2.26 bits per heavy atom. The smallest absolute Gasteiger partial charge is 0.352 e. The number of hydrogen-bond acceptors (Lipinski definition) is 8. The van der Waals surface area contributed by atoms with Gasteiger partial charge in [0.2, 0.25) is 0 Å². The summed E-state index contributed by atoms with van der Waals surface area (Å²) in [6, 6.07) is -0.450. The molecule has 0 saturated carbocycles. The molecule has 10 nitrogen and oxygen atoms in total. The quantitative estimate of drug-likeness (QED) is 0.528. The first-order valence-corrected chi connectivity index (χ1v) is 5.90. The van der Waals surface area contributed by atoms with Gasteiger partial charge in [0, 0.05) is 0 Å². The molecule has 5 atom stereocenters. The van der Waals surface area contributed by atoms with Gasteiger partial charge in [-0.05, 0) is 10.4 Å². The standard InChI is InChI=1S/C9H11N5O5/c15-2-3-6(16)7-8(18-3)13-5(19-7)1-4-10-11-12-14(4)9(13)17/h3,5-8,15-16H,1-2H2/t3-,5?,6-,7+,8-/m1/s1. The maximum Gasteiger partial charge on any atom is 0.352 e. The molecule has 10 heteroatoms. The third-order valence-corrected chi connectivity index (χ3v) is 3.68. The first kappa shape index (κ1) is 11.2. The minimum absolute atomic E-state index is 0.333. The van der Waals surface area contributed by atoms with Crippen LogP contribution in [0.25, 0.3) is 0 Å². The lowest BCUT2D eigenvalue weighted by Crippen LogP contribution is -2.50. The normalized spacial score (nSPS) is 40.2. The van der Waals surface area contributed by atoms with Gasteiger partial charge < -0.3 is 19.7 Å². The Morgan fingerprint density at radius 3 is 3.05 bits per heavy atom. The van der Waals surface area contributed by atoms with Crippen molar-refractivity contribution in [3.63, 3.8) is 0 Å². The molecule has 1 amide bonds. The van der Waals surface area contributed by atoms with E-state index in [9.17, 15) is 9.90 Å². The third kappa shape index (κ3) is 1.33. The zero-order chi connectivity index (χ0) is 13.1. The molecular weight excluding hydrogens is 258 g/mol. The summed E-state index contributed by atoms with van der Waals surface area (Å²) in [4.78, 5) is 13.6. The third-order valence-electron chi connectivity index (χ3n) is 3.68.